The summed E-state index contributed by atoms with van der Waals surface area (Å²) >= 11 is 0. The Morgan fingerprint density at radius 3 is 2.94 bits per heavy atom. The summed E-state index contributed by atoms with van der Waals surface area (Å²) in [5.74, 6) is 0.714. The molecule has 3 N–H and O–H groups in total. The molecule has 1 aliphatic rings. The van der Waals surface area contributed by atoms with Crippen molar-refractivity contribution in [3.05, 3.63) is 29.8 Å². The molecular weight excluding hydrogens is 212 g/mol. The first-order chi connectivity index (χ1) is 8.15. The van der Waals surface area contributed by atoms with Crippen LogP contribution in [0.1, 0.15) is 43.0 Å². The standard InChI is InChI=1S/C14H20N2O/c1-10-4-2-7-13(8-10)16-14(17)11-5-3-6-12(15)9-11/h3,5-6,9-10,13H,2,4,7-8,15H2,1H3,(H,16,17). The molecule has 3 heteroatoms. The van der Waals surface area contributed by atoms with Gasteiger partial charge < -0.3 is 11.1 Å². The highest BCUT2D eigenvalue weighted by Gasteiger charge is 2.20. The quantitative estimate of drug-likeness (QED) is 0.770. The summed E-state index contributed by atoms with van der Waals surface area (Å²) in [4.78, 5) is 12.0. The number of benzene rings is 1. The van der Waals surface area contributed by atoms with Gasteiger partial charge in [0.1, 0.15) is 0 Å². The van der Waals surface area contributed by atoms with E-state index in [4.69, 9.17) is 5.73 Å². The number of carbonyl (C=O) groups excluding carboxylic acids is 1. The van der Waals surface area contributed by atoms with E-state index in [9.17, 15) is 4.79 Å². The maximum atomic E-state index is 12.0. The van der Waals surface area contributed by atoms with E-state index < -0.39 is 0 Å². The molecule has 0 aromatic heterocycles. The van der Waals surface area contributed by atoms with E-state index in [0.717, 1.165) is 18.8 Å². The van der Waals surface area contributed by atoms with Gasteiger partial charge in [-0.1, -0.05) is 25.8 Å². The summed E-state index contributed by atoms with van der Waals surface area (Å²) in [5.41, 5.74) is 6.96. The third kappa shape index (κ3) is 3.22. The monoisotopic (exact) mass is 232 g/mol. The number of carbonyl (C=O) groups is 1. The number of hydrogen-bond acceptors (Lipinski definition) is 2. The summed E-state index contributed by atoms with van der Waals surface area (Å²) in [5, 5.41) is 3.10. The Hall–Kier alpha value is -1.51. The van der Waals surface area contributed by atoms with Crippen LogP contribution in [0.4, 0.5) is 5.69 Å². The Morgan fingerprint density at radius 2 is 2.24 bits per heavy atom. The molecule has 2 unspecified atom stereocenters. The van der Waals surface area contributed by atoms with E-state index in [-0.39, 0.29) is 5.91 Å². The van der Waals surface area contributed by atoms with Crippen molar-refractivity contribution < 1.29 is 4.79 Å². The highest BCUT2D eigenvalue weighted by molar-refractivity contribution is 5.95. The summed E-state index contributed by atoms with van der Waals surface area (Å²) < 4.78 is 0. The molecule has 1 saturated carbocycles. The van der Waals surface area contributed by atoms with Crippen molar-refractivity contribution in [3.8, 4) is 0 Å². The summed E-state index contributed by atoms with van der Waals surface area (Å²) in [6.45, 7) is 2.25. The average Bonchev–Trinajstić information content (AvgIpc) is 2.29. The van der Waals surface area contributed by atoms with Gasteiger partial charge in [0.15, 0.2) is 0 Å². The molecule has 17 heavy (non-hydrogen) atoms. The van der Waals surface area contributed by atoms with Crippen LogP contribution in [0.3, 0.4) is 0 Å². The van der Waals surface area contributed by atoms with Crippen molar-refractivity contribution >= 4 is 11.6 Å². The van der Waals surface area contributed by atoms with Gasteiger partial charge in [-0.25, -0.2) is 0 Å². The molecule has 0 aliphatic heterocycles. The van der Waals surface area contributed by atoms with Crippen molar-refractivity contribution in [3.63, 3.8) is 0 Å². The first kappa shape index (κ1) is 12.0. The predicted molar refractivity (Wildman–Crippen MR) is 69.7 cm³/mol. The van der Waals surface area contributed by atoms with Crippen LogP contribution in [-0.2, 0) is 0 Å². The first-order valence-corrected chi connectivity index (χ1v) is 6.31. The van der Waals surface area contributed by atoms with Crippen LogP contribution in [0, 0.1) is 5.92 Å². The third-order valence-corrected chi connectivity index (χ3v) is 3.42. The van der Waals surface area contributed by atoms with Gasteiger partial charge in [0, 0.05) is 17.3 Å². The Bertz CT molecular complexity index is 403. The van der Waals surface area contributed by atoms with Gasteiger partial charge in [0.2, 0.25) is 0 Å². The topological polar surface area (TPSA) is 55.1 Å². The molecule has 0 radical (unpaired) electrons. The lowest BCUT2D eigenvalue weighted by molar-refractivity contribution is 0.0921. The number of hydrogen-bond donors (Lipinski definition) is 2. The van der Waals surface area contributed by atoms with E-state index >= 15 is 0 Å². The van der Waals surface area contributed by atoms with Crippen molar-refractivity contribution in [1.82, 2.24) is 5.32 Å². The van der Waals surface area contributed by atoms with Crippen molar-refractivity contribution in [1.29, 1.82) is 0 Å². The van der Waals surface area contributed by atoms with Crippen molar-refractivity contribution in [2.45, 2.75) is 38.6 Å². The minimum Gasteiger partial charge on any atom is -0.399 e. The van der Waals surface area contributed by atoms with Gasteiger partial charge in [-0.15, -0.1) is 0 Å². The zero-order valence-electron chi connectivity index (χ0n) is 10.3. The van der Waals surface area contributed by atoms with Crippen LogP contribution < -0.4 is 11.1 Å². The molecule has 0 heterocycles. The molecule has 1 aromatic carbocycles. The average molecular weight is 232 g/mol. The van der Waals surface area contributed by atoms with E-state index in [0.29, 0.717) is 17.3 Å². The van der Waals surface area contributed by atoms with Gasteiger partial charge in [0.25, 0.3) is 5.91 Å². The largest absolute Gasteiger partial charge is 0.399 e. The Morgan fingerprint density at radius 1 is 1.41 bits per heavy atom. The SMILES string of the molecule is CC1CCCC(NC(=O)c2cccc(N)c2)C1. The predicted octanol–water partition coefficient (Wildman–Crippen LogP) is 2.58. The number of amides is 1. The molecule has 2 rings (SSSR count). The van der Waals surface area contributed by atoms with Gasteiger partial charge in [-0.2, -0.15) is 0 Å². The minimum atomic E-state index is -0.00333. The summed E-state index contributed by atoms with van der Waals surface area (Å²) in [6.07, 6.45) is 4.68. The first-order valence-electron chi connectivity index (χ1n) is 6.31. The molecule has 0 saturated heterocycles. The molecule has 2 atom stereocenters. The summed E-state index contributed by atoms with van der Waals surface area (Å²) in [7, 11) is 0. The molecule has 1 aliphatic carbocycles. The number of rotatable bonds is 2. The van der Waals surface area contributed by atoms with Crippen molar-refractivity contribution in [2.75, 3.05) is 5.73 Å². The number of nitrogens with two attached hydrogens (primary N) is 1. The summed E-state index contributed by atoms with van der Waals surface area (Å²) in [6, 6.07) is 7.46. The van der Waals surface area contributed by atoms with Crippen LogP contribution >= 0.6 is 0 Å². The number of anilines is 1. The van der Waals surface area contributed by atoms with E-state index in [1.165, 1.54) is 12.8 Å². The van der Waals surface area contributed by atoms with Crippen LogP contribution in [0.2, 0.25) is 0 Å². The van der Waals surface area contributed by atoms with Crippen molar-refractivity contribution in [2.24, 2.45) is 5.92 Å². The second-order valence-electron chi connectivity index (χ2n) is 5.07. The highest BCUT2D eigenvalue weighted by Crippen LogP contribution is 2.23. The fourth-order valence-electron chi connectivity index (χ4n) is 2.51. The maximum absolute atomic E-state index is 12.0. The normalized spacial score (nSPS) is 24.3. The molecule has 92 valence electrons. The van der Waals surface area contributed by atoms with Crippen LogP contribution in [-0.4, -0.2) is 11.9 Å². The smallest absolute Gasteiger partial charge is 0.251 e. The fraction of sp³-hybridized carbons (Fsp3) is 0.500. The zero-order valence-corrected chi connectivity index (χ0v) is 10.3. The third-order valence-electron chi connectivity index (χ3n) is 3.42. The van der Waals surface area contributed by atoms with Gasteiger partial charge >= 0.3 is 0 Å². The van der Waals surface area contributed by atoms with Crippen LogP contribution in [0.15, 0.2) is 24.3 Å². The lowest BCUT2D eigenvalue weighted by atomic mass is 9.87. The van der Waals surface area contributed by atoms with E-state index in [1.54, 1.807) is 18.2 Å². The number of nitrogens with one attached hydrogen (secondary N) is 1. The van der Waals surface area contributed by atoms with Gasteiger partial charge in [-0.05, 0) is 37.0 Å². The number of nitrogen functional groups attached to an aromatic ring is 1. The Labute approximate surface area is 102 Å². The van der Waals surface area contributed by atoms with E-state index in [2.05, 4.69) is 12.2 Å². The maximum Gasteiger partial charge on any atom is 0.251 e. The van der Waals surface area contributed by atoms with E-state index in [1.807, 2.05) is 6.07 Å². The highest BCUT2D eigenvalue weighted by atomic mass is 16.1. The van der Waals surface area contributed by atoms with Gasteiger partial charge in [0.05, 0.1) is 0 Å². The minimum absolute atomic E-state index is 0.00333. The molecule has 1 fully saturated rings. The lowest BCUT2D eigenvalue weighted by Crippen LogP contribution is -2.37. The van der Waals surface area contributed by atoms with Gasteiger partial charge in [-0.3, -0.25) is 4.79 Å². The molecule has 1 aromatic rings. The van der Waals surface area contributed by atoms with Crippen LogP contribution in [0.5, 0.6) is 0 Å². The van der Waals surface area contributed by atoms with Crippen LogP contribution in [0.25, 0.3) is 0 Å². The zero-order chi connectivity index (χ0) is 12.3. The Balaban J connectivity index is 1.97. The molecular formula is C14H20N2O. The molecule has 1 amide bonds. The molecule has 0 bridgehead atoms. The lowest BCUT2D eigenvalue weighted by Gasteiger charge is -2.27. The Kier molecular flexibility index (Phi) is 3.67. The molecule has 0 spiro atoms. The fourth-order valence-corrected chi connectivity index (χ4v) is 2.51. The molecule has 3 nitrogen and oxygen atoms in total. The second-order valence-corrected chi connectivity index (χ2v) is 5.07. The second kappa shape index (κ2) is 5.21.